The lowest BCUT2D eigenvalue weighted by Gasteiger charge is -2.28. The maximum absolute atomic E-state index is 5.49. The van der Waals surface area contributed by atoms with Crippen molar-refractivity contribution in [2.75, 3.05) is 13.2 Å². The van der Waals surface area contributed by atoms with Gasteiger partial charge in [-0.05, 0) is 28.9 Å². The molecule has 1 aliphatic rings. The van der Waals surface area contributed by atoms with Gasteiger partial charge in [-0.15, -0.1) is 11.3 Å². The molecule has 2 heterocycles. The van der Waals surface area contributed by atoms with E-state index < -0.39 is 0 Å². The van der Waals surface area contributed by atoms with Crippen LogP contribution in [0.4, 0.5) is 0 Å². The SMILES string of the molecule is CC1COCC(c2cc(Br)cs2)N1. The van der Waals surface area contributed by atoms with Gasteiger partial charge < -0.3 is 10.1 Å². The largest absolute Gasteiger partial charge is 0.378 e. The van der Waals surface area contributed by atoms with E-state index in [9.17, 15) is 0 Å². The van der Waals surface area contributed by atoms with Gasteiger partial charge in [-0.25, -0.2) is 0 Å². The number of hydrogen-bond acceptors (Lipinski definition) is 3. The molecule has 13 heavy (non-hydrogen) atoms. The van der Waals surface area contributed by atoms with Crippen molar-refractivity contribution in [3.63, 3.8) is 0 Å². The van der Waals surface area contributed by atoms with Crippen molar-refractivity contribution in [1.29, 1.82) is 0 Å². The van der Waals surface area contributed by atoms with Crippen LogP contribution in [0, 0.1) is 0 Å². The van der Waals surface area contributed by atoms with Crippen molar-refractivity contribution >= 4 is 27.3 Å². The van der Waals surface area contributed by atoms with Gasteiger partial charge in [0.1, 0.15) is 0 Å². The Labute approximate surface area is 90.4 Å². The molecule has 2 unspecified atom stereocenters. The van der Waals surface area contributed by atoms with Gasteiger partial charge in [0, 0.05) is 20.8 Å². The van der Waals surface area contributed by atoms with Crippen molar-refractivity contribution in [2.45, 2.75) is 19.0 Å². The molecule has 0 radical (unpaired) electrons. The second-order valence-electron chi connectivity index (χ2n) is 3.33. The van der Waals surface area contributed by atoms with E-state index in [1.54, 1.807) is 11.3 Å². The third-order valence-corrected chi connectivity index (χ3v) is 3.88. The van der Waals surface area contributed by atoms with Gasteiger partial charge in [-0.3, -0.25) is 0 Å². The average molecular weight is 262 g/mol. The van der Waals surface area contributed by atoms with E-state index >= 15 is 0 Å². The number of ether oxygens (including phenoxy) is 1. The number of halogens is 1. The average Bonchev–Trinajstić information content (AvgIpc) is 2.52. The van der Waals surface area contributed by atoms with Crippen LogP contribution in [0.3, 0.4) is 0 Å². The van der Waals surface area contributed by atoms with Crippen LogP contribution in [-0.2, 0) is 4.74 Å². The lowest BCUT2D eigenvalue weighted by atomic mass is 10.2. The maximum atomic E-state index is 5.49. The van der Waals surface area contributed by atoms with E-state index in [-0.39, 0.29) is 0 Å². The van der Waals surface area contributed by atoms with Crippen molar-refractivity contribution < 1.29 is 4.74 Å². The quantitative estimate of drug-likeness (QED) is 0.839. The first-order valence-corrected chi connectivity index (χ1v) is 6.00. The minimum atomic E-state index is 0.375. The van der Waals surface area contributed by atoms with Crippen LogP contribution < -0.4 is 5.32 Å². The second kappa shape index (κ2) is 4.09. The summed E-state index contributed by atoms with van der Waals surface area (Å²) >= 11 is 5.22. The summed E-state index contributed by atoms with van der Waals surface area (Å²) < 4.78 is 6.65. The molecule has 1 N–H and O–H groups in total. The molecule has 1 fully saturated rings. The van der Waals surface area contributed by atoms with Crippen LogP contribution in [0.15, 0.2) is 15.9 Å². The third kappa shape index (κ3) is 2.31. The van der Waals surface area contributed by atoms with Gasteiger partial charge in [-0.1, -0.05) is 0 Å². The molecule has 0 aliphatic carbocycles. The number of rotatable bonds is 1. The van der Waals surface area contributed by atoms with Crippen LogP contribution >= 0.6 is 27.3 Å². The summed E-state index contributed by atoms with van der Waals surface area (Å²) in [5, 5.41) is 5.62. The molecule has 4 heteroatoms. The van der Waals surface area contributed by atoms with Crippen molar-refractivity contribution in [3.05, 3.63) is 20.8 Å². The summed E-state index contributed by atoms with van der Waals surface area (Å²) in [6.45, 7) is 3.76. The normalized spacial score (nSPS) is 29.1. The van der Waals surface area contributed by atoms with E-state index in [4.69, 9.17) is 4.74 Å². The molecule has 2 atom stereocenters. The van der Waals surface area contributed by atoms with Gasteiger partial charge >= 0.3 is 0 Å². The van der Waals surface area contributed by atoms with Crippen LogP contribution in [0.25, 0.3) is 0 Å². The lowest BCUT2D eigenvalue weighted by molar-refractivity contribution is 0.0514. The smallest absolute Gasteiger partial charge is 0.0670 e. The Morgan fingerprint density at radius 2 is 2.46 bits per heavy atom. The monoisotopic (exact) mass is 261 g/mol. The fourth-order valence-corrected chi connectivity index (χ4v) is 2.97. The molecule has 0 aromatic carbocycles. The molecule has 72 valence electrons. The number of nitrogens with one attached hydrogen (secondary N) is 1. The topological polar surface area (TPSA) is 21.3 Å². The standard InChI is InChI=1S/C9H12BrNOS/c1-6-3-12-4-8(11-6)9-2-7(10)5-13-9/h2,5-6,8,11H,3-4H2,1H3. The van der Waals surface area contributed by atoms with Crippen molar-refractivity contribution in [2.24, 2.45) is 0 Å². The first-order chi connectivity index (χ1) is 6.25. The highest BCUT2D eigenvalue weighted by atomic mass is 79.9. The summed E-state index contributed by atoms with van der Waals surface area (Å²) in [5.41, 5.74) is 0. The molecule has 1 aliphatic heterocycles. The van der Waals surface area contributed by atoms with Gasteiger partial charge in [-0.2, -0.15) is 0 Å². The zero-order valence-corrected chi connectivity index (χ0v) is 9.82. The van der Waals surface area contributed by atoms with Crippen LogP contribution in [0.1, 0.15) is 17.8 Å². The molecule has 0 bridgehead atoms. The van der Waals surface area contributed by atoms with Crippen LogP contribution in [0.2, 0.25) is 0 Å². The van der Waals surface area contributed by atoms with E-state index in [0.717, 1.165) is 17.7 Å². The van der Waals surface area contributed by atoms with E-state index in [0.29, 0.717) is 12.1 Å². The predicted molar refractivity (Wildman–Crippen MR) is 58.2 cm³/mol. The molecular formula is C9H12BrNOS. The molecule has 1 aromatic rings. The highest BCUT2D eigenvalue weighted by molar-refractivity contribution is 9.10. The number of hydrogen-bond donors (Lipinski definition) is 1. The molecule has 1 saturated heterocycles. The Bertz CT molecular complexity index is 289. The first-order valence-electron chi connectivity index (χ1n) is 4.33. The Morgan fingerprint density at radius 1 is 1.62 bits per heavy atom. The predicted octanol–water partition coefficient (Wildman–Crippen LogP) is 2.56. The van der Waals surface area contributed by atoms with Crippen LogP contribution in [-0.4, -0.2) is 19.3 Å². The zero-order chi connectivity index (χ0) is 9.26. The number of morpholine rings is 1. The molecule has 0 saturated carbocycles. The molecule has 2 nitrogen and oxygen atoms in total. The van der Waals surface area contributed by atoms with E-state index in [2.05, 4.69) is 39.6 Å². The third-order valence-electron chi connectivity index (χ3n) is 2.07. The first kappa shape index (κ1) is 9.65. The highest BCUT2D eigenvalue weighted by Crippen LogP contribution is 2.27. The molecule has 0 spiro atoms. The van der Waals surface area contributed by atoms with Crippen molar-refractivity contribution in [3.8, 4) is 0 Å². The minimum Gasteiger partial charge on any atom is -0.378 e. The molecular weight excluding hydrogens is 250 g/mol. The summed E-state index contributed by atoms with van der Waals surface area (Å²) in [6, 6.07) is 2.99. The second-order valence-corrected chi connectivity index (χ2v) is 5.18. The van der Waals surface area contributed by atoms with Crippen molar-refractivity contribution in [1.82, 2.24) is 5.32 Å². The fourth-order valence-electron chi connectivity index (χ4n) is 1.48. The molecule has 1 aromatic heterocycles. The summed E-state index contributed by atoms with van der Waals surface area (Å²) in [4.78, 5) is 1.35. The molecule has 2 rings (SSSR count). The van der Waals surface area contributed by atoms with Gasteiger partial charge in [0.05, 0.1) is 19.3 Å². The fraction of sp³-hybridized carbons (Fsp3) is 0.556. The summed E-state index contributed by atoms with van der Waals surface area (Å²) in [7, 11) is 0. The Balaban J connectivity index is 2.08. The maximum Gasteiger partial charge on any atom is 0.0670 e. The minimum absolute atomic E-state index is 0.375. The highest BCUT2D eigenvalue weighted by Gasteiger charge is 2.20. The van der Waals surface area contributed by atoms with Gasteiger partial charge in [0.2, 0.25) is 0 Å². The summed E-state index contributed by atoms with van der Waals surface area (Å²) in [5.74, 6) is 0. The van der Waals surface area contributed by atoms with Crippen LogP contribution in [0.5, 0.6) is 0 Å². The number of thiophene rings is 1. The lowest BCUT2D eigenvalue weighted by Crippen LogP contribution is -2.41. The Morgan fingerprint density at radius 3 is 3.08 bits per heavy atom. The van der Waals surface area contributed by atoms with Gasteiger partial charge in [0.15, 0.2) is 0 Å². The molecule has 0 amide bonds. The Hall–Kier alpha value is 0.1000. The Kier molecular flexibility index (Phi) is 3.03. The summed E-state index contributed by atoms with van der Waals surface area (Å²) in [6.07, 6.45) is 0. The van der Waals surface area contributed by atoms with Gasteiger partial charge in [0.25, 0.3) is 0 Å². The zero-order valence-electron chi connectivity index (χ0n) is 7.42. The van der Waals surface area contributed by atoms with E-state index in [1.165, 1.54) is 4.88 Å². The van der Waals surface area contributed by atoms with E-state index in [1.807, 2.05) is 0 Å².